The van der Waals surface area contributed by atoms with Crippen molar-refractivity contribution < 1.29 is 9.53 Å². The van der Waals surface area contributed by atoms with Gasteiger partial charge in [0.1, 0.15) is 5.75 Å². The number of hydrogen-bond acceptors (Lipinski definition) is 2. The maximum absolute atomic E-state index is 12.3. The van der Waals surface area contributed by atoms with Crippen molar-refractivity contribution in [3.05, 3.63) is 63.6 Å². The fraction of sp³-hybridized carbons (Fsp3) is 0.278. The van der Waals surface area contributed by atoms with Crippen LogP contribution >= 0.6 is 23.2 Å². The zero-order valence-electron chi connectivity index (χ0n) is 12.0. The first kappa shape index (κ1) is 15.4. The number of carbonyl (C=O) groups excluding carboxylic acids is 1. The highest BCUT2D eigenvalue weighted by Gasteiger charge is 2.21. The molecule has 2 aromatic carbocycles. The van der Waals surface area contributed by atoms with Gasteiger partial charge in [0, 0.05) is 12.0 Å². The molecule has 1 fully saturated rings. The molecule has 3 rings (SSSR count). The SMILES string of the molecule is O=C(Cc1ccc(Cl)c(Cl)c1)c1ccc(OCC2CC2)cc1. The van der Waals surface area contributed by atoms with Crippen LogP contribution in [-0.4, -0.2) is 12.4 Å². The minimum atomic E-state index is 0.0483. The Morgan fingerprint density at radius 3 is 2.41 bits per heavy atom. The van der Waals surface area contributed by atoms with Crippen LogP contribution in [0.5, 0.6) is 5.75 Å². The molecule has 0 N–H and O–H groups in total. The summed E-state index contributed by atoms with van der Waals surface area (Å²) in [5.41, 5.74) is 1.53. The molecule has 1 aliphatic carbocycles. The second-order valence-electron chi connectivity index (χ2n) is 5.63. The van der Waals surface area contributed by atoms with Crippen molar-refractivity contribution in [3.8, 4) is 5.75 Å². The molecule has 22 heavy (non-hydrogen) atoms. The van der Waals surface area contributed by atoms with Crippen LogP contribution < -0.4 is 4.74 Å². The Balaban J connectivity index is 1.62. The highest BCUT2D eigenvalue weighted by Crippen LogP contribution is 2.29. The van der Waals surface area contributed by atoms with Crippen LogP contribution in [0.4, 0.5) is 0 Å². The first-order valence-corrected chi connectivity index (χ1v) is 8.07. The summed E-state index contributed by atoms with van der Waals surface area (Å²) >= 11 is 11.8. The highest BCUT2D eigenvalue weighted by atomic mass is 35.5. The van der Waals surface area contributed by atoms with Crippen molar-refractivity contribution in [1.82, 2.24) is 0 Å². The topological polar surface area (TPSA) is 26.3 Å². The van der Waals surface area contributed by atoms with Gasteiger partial charge in [0.2, 0.25) is 0 Å². The predicted molar refractivity (Wildman–Crippen MR) is 89.2 cm³/mol. The largest absolute Gasteiger partial charge is 0.493 e. The van der Waals surface area contributed by atoms with E-state index in [2.05, 4.69) is 0 Å². The number of ether oxygens (including phenoxy) is 1. The van der Waals surface area contributed by atoms with Crippen molar-refractivity contribution >= 4 is 29.0 Å². The zero-order valence-corrected chi connectivity index (χ0v) is 13.5. The summed E-state index contributed by atoms with van der Waals surface area (Å²) in [6.45, 7) is 0.774. The molecule has 114 valence electrons. The van der Waals surface area contributed by atoms with Gasteiger partial charge in [0.15, 0.2) is 5.78 Å². The van der Waals surface area contributed by atoms with Crippen molar-refractivity contribution in [2.75, 3.05) is 6.61 Å². The molecular weight excluding hydrogens is 319 g/mol. The first-order chi connectivity index (χ1) is 10.6. The van der Waals surface area contributed by atoms with E-state index in [-0.39, 0.29) is 5.78 Å². The van der Waals surface area contributed by atoms with Crippen molar-refractivity contribution in [3.63, 3.8) is 0 Å². The number of Topliss-reactive ketones (excluding diaryl/α,β-unsaturated/α-hetero) is 1. The van der Waals surface area contributed by atoms with E-state index in [4.69, 9.17) is 27.9 Å². The third-order valence-corrected chi connectivity index (χ3v) is 4.45. The molecule has 0 radical (unpaired) electrons. The van der Waals surface area contributed by atoms with Crippen molar-refractivity contribution in [2.45, 2.75) is 19.3 Å². The molecule has 0 heterocycles. The fourth-order valence-electron chi connectivity index (χ4n) is 2.17. The Hall–Kier alpha value is -1.51. The summed E-state index contributed by atoms with van der Waals surface area (Å²) in [7, 11) is 0. The monoisotopic (exact) mass is 334 g/mol. The number of ketones is 1. The number of benzene rings is 2. The molecule has 2 aromatic rings. The average Bonchev–Trinajstić information content (AvgIpc) is 3.34. The van der Waals surface area contributed by atoms with Crippen LogP contribution in [0.3, 0.4) is 0 Å². The molecule has 0 aliphatic heterocycles. The quantitative estimate of drug-likeness (QED) is 0.678. The van der Waals surface area contributed by atoms with Gasteiger partial charge in [-0.25, -0.2) is 0 Å². The van der Waals surface area contributed by atoms with E-state index >= 15 is 0 Å². The van der Waals surface area contributed by atoms with Gasteiger partial charge < -0.3 is 4.74 Å². The van der Waals surface area contributed by atoms with E-state index in [1.54, 1.807) is 12.1 Å². The maximum Gasteiger partial charge on any atom is 0.167 e. The zero-order chi connectivity index (χ0) is 15.5. The number of carbonyl (C=O) groups is 1. The summed E-state index contributed by atoms with van der Waals surface area (Å²) in [5.74, 6) is 1.58. The van der Waals surface area contributed by atoms with E-state index in [0.29, 0.717) is 22.0 Å². The van der Waals surface area contributed by atoms with Crippen molar-refractivity contribution in [2.24, 2.45) is 5.92 Å². The van der Waals surface area contributed by atoms with Crippen LogP contribution in [0.25, 0.3) is 0 Å². The fourth-order valence-corrected chi connectivity index (χ4v) is 2.49. The number of rotatable bonds is 6. The Morgan fingerprint density at radius 1 is 1.05 bits per heavy atom. The summed E-state index contributed by atoms with van der Waals surface area (Å²) in [6.07, 6.45) is 2.83. The molecule has 2 nitrogen and oxygen atoms in total. The lowest BCUT2D eigenvalue weighted by molar-refractivity contribution is 0.0993. The van der Waals surface area contributed by atoms with Crippen LogP contribution in [0, 0.1) is 5.92 Å². The molecule has 0 spiro atoms. The lowest BCUT2D eigenvalue weighted by Crippen LogP contribution is -2.04. The third-order valence-electron chi connectivity index (χ3n) is 3.71. The lowest BCUT2D eigenvalue weighted by atomic mass is 10.0. The standard InChI is InChI=1S/C18H16Cl2O2/c19-16-8-3-13(9-17(16)20)10-18(21)14-4-6-15(7-5-14)22-11-12-1-2-12/h3-9,12H,1-2,10-11H2. The van der Waals surface area contributed by atoms with Gasteiger partial charge in [-0.3, -0.25) is 4.79 Å². The van der Waals surface area contributed by atoms with E-state index < -0.39 is 0 Å². The Kier molecular flexibility index (Phi) is 4.70. The normalized spacial score (nSPS) is 13.9. The molecule has 0 atom stereocenters. The molecule has 1 saturated carbocycles. The molecule has 0 saturated heterocycles. The molecular formula is C18H16Cl2O2. The summed E-state index contributed by atoms with van der Waals surface area (Å²) < 4.78 is 5.67. The molecule has 4 heteroatoms. The molecule has 0 amide bonds. The lowest BCUT2D eigenvalue weighted by Gasteiger charge is -2.07. The van der Waals surface area contributed by atoms with Gasteiger partial charge in [-0.15, -0.1) is 0 Å². The summed E-state index contributed by atoms with van der Waals surface area (Å²) in [5, 5.41) is 0.964. The van der Waals surface area contributed by atoms with Gasteiger partial charge in [-0.2, -0.15) is 0 Å². The Bertz CT molecular complexity index is 676. The molecule has 0 aromatic heterocycles. The smallest absolute Gasteiger partial charge is 0.167 e. The number of halogens is 2. The minimum absolute atomic E-state index is 0.0483. The third kappa shape index (κ3) is 4.02. The van der Waals surface area contributed by atoms with Gasteiger partial charge in [0.05, 0.1) is 16.7 Å². The van der Waals surface area contributed by atoms with E-state index in [1.165, 1.54) is 12.8 Å². The van der Waals surface area contributed by atoms with Crippen LogP contribution in [0.1, 0.15) is 28.8 Å². The Labute approximate surface area is 140 Å². The molecule has 1 aliphatic rings. The average molecular weight is 335 g/mol. The van der Waals surface area contributed by atoms with E-state index in [0.717, 1.165) is 23.8 Å². The van der Waals surface area contributed by atoms with Crippen molar-refractivity contribution in [1.29, 1.82) is 0 Å². The van der Waals surface area contributed by atoms with E-state index in [1.807, 2.05) is 30.3 Å². The van der Waals surface area contributed by atoms with Gasteiger partial charge in [0.25, 0.3) is 0 Å². The second-order valence-corrected chi connectivity index (χ2v) is 6.44. The molecule has 0 unspecified atom stereocenters. The summed E-state index contributed by atoms with van der Waals surface area (Å²) in [6, 6.07) is 12.6. The summed E-state index contributed by atoms with van der Waals surface area (Å²) in [4.78, 5) is 12.3. The minimum Gasteiger partial charge on any atom is -0.493 e. The predicted octanol–water partition coefficient (Wildman–Crippen LogP) is 5.21. The maximum atomic E-state index is 12.3. The van der Waals surface area contributed by atoms with Crippen LogP contribution in [0.2, 0.25) is 10.0 Å². The Morgan fingerprint density at radius 2 is 1.77 bits per heavy atom. The van der Waals surface area contributed by atoms with Crippen LogP contribution in [0.15, 0.2) is 42.5 Å². The van der Waals surface area contributed by atoms with Gasteiger partial charge >= 0.3 is 0 Å². The second kappa shape index (κ2) is 6.72. The number of hydrogen-bond donors (Lipinski definition) is 0. The van der Waals surface area contributed by atoms with Gasteiger partial charge in [-0.1, -0.05) is 29.3 Å². The van der Waals surface area contributed by atoms with E-state index in [9.17, 15) is 4.79 Å². The van der Waals surface area contributed by atoms with Crippen LogP contribution in [-0.2, 0) is 6.42 Å². The highest BCUT2D eigenvalue weighted by molar-refractivity contribution is 6.42. The first-order valence-electron chi connectivity index (χ1n) is 7.32. The molecule has 0 bridgehead atoms. The van der Waals surface area contributed by atoms with Gasteiger partial charge in [-0.05, 0) is 60.7 Å².